The Labute approximate surface area is 162 Å². The molecule has 4 rings (SSSR count). The number of nitrogens with one attached hydrogen (secondary N) is 1. The van der Waals surface area contributed by atoms with E-state index < -0.39 is 11.6 Å². The van der Waals surface area contributed by atoms with Crippen molar-refractivity contribution < 1.29 is 23.0 Å². The number of ether oxygens (including phenoxy) is 2. The van der Waals surface area contributed by atoms with Gasteiger partial charge in [-0.15, -0.1) is 0 Å². The topological polar surface area (TPSA) is 50.8 Å². The highest BCUT2D eigenvalue weighted by molar-refractivity contribution is 5.92. The van der Waals surface area contributed by atoms with Crippen molar-refractivity contribution in [2.75, 3.05) is 31.6 Å². The molecule has 7 heteroatoms. The first-order chi connectivity index (χ1) is 13.6. The van der Waals surface area contributed by atoms with E-state index in [1.165, 1.54) is 6.07 Å². The number of rotatable bonds is 4. The van der Waals surface area contributed by atoms with Gasteiger partial charge in [0.2, 0.25) is 5.91 Å². The molecular weight excluding hydrogens is 366 g/mol. The monoisotopic (exact) mass is 388 g/mol. The molecule has 0 unspecified atom stereocenters. The molecule has 0 saturated carbocycles. The van der Waals surface area contributed by atoms with Crippen LogP contribution in [0.2, 0.25) is 0 Å². The Morgan fingerprint density at radius 2 is 1.89 bits per heavy atom. The molecular formula is C21H22F2N2O3. The number of carbonyl (C=O) groups excluding carboxylic acids is 1. The van der Waals surface area contributed by atoms with Crippen molar-refractivity contribution in [3.63, 3.8) is 0 Å². The second kappa shape index (κ2) is 8.14. The number of hydrogen-bond donors (Lipinski definition) is 1. The maximum absolute atomic E-state index is 13.8. The molecule has 148 valence electrons. The van der Waals surface area contributed by atoms with Gasteiger partial charge in [-0.25, -0.2) is 8.78 Å². The van der Waals surface area contributed by atoms with Crippen LogP contribution in [-0.4, -0.2) is 37.1 Å². The highest BCUT2D eigenvalue weighted by Crippen LogP contribution is 2.37. The van der Waals surface area contributed by atoms with Crippen LogP contribution in [0.25, 0.3) is 0 Å². The molecule has 0 radical (unpaired) electrons. The minimum Gasteiger partial charge on any atom is -0.490 e. The predicted molar refractivity (Wildman–Crippen MR) is 101 cm³/mol. The number of fused-ring (bicyclic) bond motifs is 1. The molecule has 0 bridgehead atoms. The Morgan fingerprint density at radius 3 is 2.71 bits per heavy atom. The largest absolute Gasteiger partial charge is 0.490 e. The highest BCUT2D eigenvalue weighted by atomic mass is 19.1. The molecule has 28 heavy (non-hydrogen) atoms. The summed E-state index contributed by atoms with van der Waals surface area (Å²) in [6.07, 6.45) is 2.74. The molecule has 1 atom stereocenters. The summed E-state index contributed by atoms with van der Waals surface area (Å²) in [6.45, 7) is 2.17. The number of carbonyl (C=O) groups is 1. The molecule has 1 amide bonds. The van der Waals surface area contributed by atoms with Crippen molar-refractivity contribution in [1.29, 1.82) is 0 Å². The van der Waals surface area contributed by atoms with Gasteiger partial charge in [0.05, 0.1) is 25.4 Å². The summed E-state index contributed by atoms with van der Waals surface area (Å²) in [5, 5.41) is 2.53. The predicted octanol–water partition coefficient (Wildman–Crippen LogP) is 3.90. The Morgan fingerprint density at radius 1 is 1.07 bits per heavy atom. The number of halogens is 2. The van der Waals surface area contributed by atoms with Gasteiger partial charge >= 0.3 is 0 Å². The fourth-order valence-electron chi connectivity index (χ4n) is 3.75. The Bertz CT molecular complexity index is 875. The zero-order chi connectivity index (χ0) is 19.5. The first-order valence-electron chi connectivity index (χ1n) is 9.48. The SMILES string of the molecule is O=C(CN1CCC[C@H]1c1ccc2c(c1)OCCCO2)Nc1ccc(F)cc1F. The van der Waals surface area contributed by atoms with Gasteiger partial charge in [-0.05, 0) is 49.2 Å². The molecule has 2 aromatic carbocycles. The number of hydrogen-bond acceptors (Lipinski definition) is 4. The lowest BCUT2D eigenvalue weighted by Gasteiger charge is -2.25. The molecule has 0 aliphatic carbocycles. The van der Waals surface area contributed by atoms with Crippen molar-refractivity contribution in [2.45, 2.75) is 25.3 Å². The van der Waals surface area contributed by atoms with Crippen LogP contribution in [-0.2, 0) is 4.79 Å². The average molecular weight is 388 g/mol. The molecule has 5 nitrogen and oxygen atoms in total. The first kappa shape index (κ1) is 18.7. The third-order valence-corrected chi connectivity index (χ3v) is 5.07. The number of amides is 1. The summed E-state index contributed by atoms with van der Waals surface area (Å²) in [6, 6.07) is 9.10. The summed E-state index contributed by atoms with van der Waals surface area (Å²) < 4.78 is 38.2. The molecule has 2 aliphatic heterocycles. The van der Waals surface area contributed by atoms with Gasteiger partial charge in [-0.3, -0.25) is 9.69 Å². The van der Waals surface area contributed by atoms with Crippen LogP contribution < -0.4 is 14.8 Å². The van der Waals surface area contributed by atoms with Crippen molar-refractivity contribution in [3.05, 3.63) is 53.6 Å². The molecule has 0 spiro atoms. The van der Waals surface area contributed by atoms with E-state index in [1.807, 2.05) is 18.2 Å². The van der Waals surface area contributed by atoms with Crippen LogP contribution in [0.15, 0.2) is 36.4 Å². The number of benzene rings is 2. The molecule has 2 heterocycles. The van der Waals surface area contributed by atoms with E-state index in [4.69, 9.17) is 9.47 Å². The molecule has 2 aromatic rings. The lowest BCUT2D eigenvalue weighted by atomic mass is 10.0. The zero-order valence-electron chi connectivity index (χ0n) is 15.4. The lowest BCUT2D eigenvalue weighted by molar-refractivity contribution is -0.117. The Balaban J connectivity index is 1.45. The van der Waals surface area contributed by atoms with Crippen molar-refractivity contribution in [3.8, 4) is 11.5 Å². The van der Waals surface area contributed by atoms with E-state index in [9.17, 15) is 13.6 Å². The number of anilines is 1. The third kappa shape index (κ3) is 4.09. The maximum Gasteiger partial charge on any atom is 0.238 e. The molecule has 1 fully saturated rings. The molecule has 1 saturated heterocycles. The average Bonchev–Trinajstić information content (AvgIpc) is 2.99. The van der Waals surface area contributed by atoms with E-state index in [-0.39, 0.29) is 24.2 Å². The normalized spacial score (nSPS) is 19.3. The van der Waals surface area contributed by atoms with Gasteiger partial charge in [0.25, 0.3) is 0 Å². The maximum atomic E-state index is 13.8. The fourth-order valence-corrected chi connectivity index (χ4v) is 3.75. The van der Waals surface area contributed by atoms with Crippen molar-refractivity contribution in [1.82, 2.24) is 4.90 Å². The molecule has 1 N–H and O–H groups in total. The van der Waals surface area contributed by atoms with Crippen LogP contribution in [0.5, 0.6) is 11.5 Å². The summed E-state index contributed by atoms with van der Waals surface area (Å²) in [7, 11) is 0. The molecule has 2 aliphatic rings. The summed E-state index contributed by atoms with van der Waals surface area (Å²) >= 11 is 0. The van der Waals surface area contributed by atoms with E-state index >= 15 is 0 Å². The van der Waals surface area contributed by atoms with Gasteiger partial charge in [-0.2, -0.15) is 0 Å². The van der Waals surface area contributed by atoms with Gasteiger partial charge < -0.3 is 14.8 Å². The van der Waals surface area contributed by atoms with Crippen molar-refractivity contribution in [2.24, 2.45) is 0 Å². The van der Waals surface area contributed by atoms with E-state index in [0.29, 0.717) is 13.2 Å². The van der Waals surface area contributed by atoms with E-state index in [1.54, 1.807) is 0 Å². The Hall–Kier alpha value is -2.67. The Kier molecular flexibility index (Phi) is 5.43. The van der Waals surface area contributed by atoms with Gasteiger partial charge in [-0.1, -0.05) is 6.07 Å². The standard InChI is InChI=1S/C21H22F2N2O3/c22-15-5-6-17(16(23)12-15)24-21(26)13-25-8-1-3-18(25)14-4-7-19-20(11-14)28-10-2-9-27-19/h4-7,11-12,18H,1-3,8-10,13H2,(H,24,26)/t18-/m0/s1. The summed E-state index contributed by atoms with van der Waals surface area (Å²) in [5.41, 5.74) is 1.06. The number of nitrogens with zero attached hydrogens (tertiary/aromatic N) is 1. The summed E-state index contributed by atoms with van der Waals surface area (Å²) in [5.74, 6) is -0.305. The second-order valence-corrected chi connectivity index (χ2v) is 7.06. The quantitative estimate of drug-likeness (QED) is 0.863. The van der Waals surface area contributed by atoms with Crippen LogP contribution in [0.4, 0.5) is 14.5 Å². The van der Waals surface area contributed by atoms with E-state index in [0.717, 1.165) is 55.0 Å². The number of likely N-dealkylation sites (tertiary alicyclic amines) is 1. The highest BCUT2D eigenvalue weighted by Gasteiger charge is 2.28. The van der Waals surface area contributed by atoms with Crippen molar-refractivity contribution >= 4 is 11.6 Å². The fraction of sp³-hybridized carbons (Fsp3) is 0.381. The van der Waals surface area contributed by atoms with Gasteiger partial charge in [0.15, 0.2) is 11.5 Å². The minimum atomic E-state index is -0.783. The van der Waals surface area contributed by atoms with E-state index in [2.05, 4.69) is 10.2 Å². The molecule has 0 aromatic heterocycles. The smallest absolute Gasteiger partial charge is 0.238 e. The minimum absolute atomic E-state index is 0.0160. The summed E-state index contributed by atoms with van der Waals surface area (Å²) in [4.78, 5) is 14.5. The van der Waals surface area contributed by atoms with Gasteiger partial charge in [0, 0.05) is 18.5 Å². The third-order valence-electron chi connectivity index (χ3n) is 5.07. The van der Waals surface area contributed by atoms with Crippen LogP contribution in [0.3, 0.4) is 0 Å². The van der Waals surface area contributed by atoms with Crippen LogP contribution >= 0.6 is 0 Å². The first-order valence-corrected chi connectivity index (χ1v) is 9.48. The van der Waals surface area contributed by atoms with Crippen LogP contribution in [0, 0.1) is 11.6 Å². The second-order valence-electron chi connectivity index (χ2n) is 7.06. The zero-order valence-corrected chi connectivity index (χ0v) is 15.4. The van der Waals surface area contributed by atoms with Crippen LogP contribution in [0.1, 0.15) is 30.9 Å². The van der Waals surface area contributed by atoms with Gasteiger partial charge in [0.1, 0.15) is 11.6 Å². The lowest BCUT2D eigenvalue weighted by Crippen LogP contribution is -2.33.